The molecule has 1 heterocycles. The highest BCUT2D eigenvalue weighted by Crippen LogP contribution is 2.41. The monoisotopic (exact) mass is 1100 g/mol. The van der Waals surface area contributed by atoms with Crippen LogP contribution >= 0.6 is 0 Å². The summed E-state index contributed by atoms with van der Waals surface area (Å²) in [7, 11) is 0. The normalized spacial score (nSPS) is 13.2. The first-order valence-electron chi connectivity index (χ1n) is 20.4. The number of Topliss-reactive ketones (excluding diaryl/α,β-unsaturated/α-hetero) is 1. The third-order valence-electron chi connectivity index (χ3n) is 11.1. The Morgan fingerprint density at radius 3 is 0.880 bits per heavy atom. The van der Waals surface area contributed by atoms with Crippen LogP contribution in [0.5, 0.6) is 0 Å². The lowest BCUT2D eigenvalue weighted by Gasteiger charge is -2.46. The van der Waals surface area contributed by atoms with Crippen LogP contribution in [0.2, 0.25) is 0 Å². The molecule has 400 valence electrons. The summed E-state index contributed by atoms with van der Waals surface area (Å²) in [5.74, 6) is -0.144. The van der Waals surface area contributed by atoms with Crippen molar-refractivity contribution < 1.29 is 115 Å². The van der Waals surface area contributed by atoms with Crippen molar-refractivity contribution in [2.45, 2.75) is 62.4 Å². The molecule has 0 N–H and O–H groups in total. The SMILES string of the molecule is FC(F)(F)c1cc([B-](c2cc(C(F)(F)F)cc(C(F)(F)F)c2)(c2cc(C(F)(F)F)cc(C(F)(F)F)c2)c2cc(C(F)(F)F)cc(C(F)(F)F)c2)cc(C(F)(F)F)c1.N#CCC(=O)c1cccc[n+]1Cc1ccccc1. The number of hydrogen-bond acceptors (Lipinski definition) is 2. The van der Waals surface area contributed by atoms with Crippen LogP contribution in [-0.4, -0.2) is 11.9 Å². The zero-order valence-electron chi connectivity index (χ0n) is 36.5. The Hall–Kier alpha value is -7.21. The number of nitrogens with zero attached hydrogens (tertiary/aromatic N) is 2. The molecule has 0 aliphatic heterocycles. The molecule has 5 aromatic carbocycles. The molecule has 0 saturated carbocycles. The Kier molecular flexibility index (Phi) is 16.0. The van der Waals surface area contributed by atoms with Crippen molar-refractivity contribution in [3.63, 3.8) is 0 Å². The van der Waals surface area contributed by atoms with E-state index in [-0.39, 0.29) is 12.2 Å². The lowest BCUT2D eigenvalue weighted by Crippen LogP contribution is -2.75. The standard InChI is InChI=1S/C32H12BF24.C15H13N2O/c34-25(35,36)13-1-14(26(37,38)39)6-21(5-13)33(22-7-15(27(40,41)42)2-16(8-22)28(43,44)45,23-9-17(29(46,47)48)3-18(10-23)30(49,50)51)24-11-19(31(52,53)54)4-20(12-24)32(55,56)57;16-10-9-15(18)14-8-4-5-11-17(14)12-13-6-2-1-3-7-13/h1-12H;1-8,11H,9,12H2/q-1;+1. The molecule has 0 saturated heterocycles. The van der Waals surface area contributed by atoms with Crippen molar-refractivity contribution >= 4 is 33.8 Å². The van der Waals surface area contributed by atoms with E-state index in [2.05, 4.69) is 0 Å². The maximum absolute atomic E-state index is 14.2. The Morgan fingerprint density at radius 1 is 0.387 bits per heavy atom. The predicted octanol–water partition coefficient (Wildman–Crippen LogP) is 13.3. The third-order valence-corrected chi connectivity index (χ3v) is 11.1. The predicted molar refractivity (Wildman–Crippen MR) is 217 cm³/mol. The van der Waals surface area contributed by atoms with E-state index in [1.807, 2.05) is 59.3 Å². The molecule has 1 aromatic heterocycles. The first-order chi connectivity index (χ1) is 34.1. The number of alkyl halides is 24. The zero-order chi connectivity index (χ0) is 56.7. The van der Waals surface area contributed by atoms with Crippen molar-refractivity contribution in [2.75, 3.05) is 0 Å². The second-order valence-corrected chi connectivity index (χ2v) is 16.2. The van der Waals surface area contributed by atoms with E-state index in [0.717, 1.165) is 5.56 Å². The van der Waals surface area contributed by atoms with E-state index in [1.54, 1.807) is 6.07 Å². The molecule has 0 bridgehead atoms. The summed E-state index contributed by atoms with van der Waals surface area (Å²) in [4.78, 5) is 11.8. The molecule has 0 atom stereocenters. The fraction of sp³-hybridized carbons (Fsp3) is 0.213. The van der Waals surface area contributed by atoms with E-state index in [0.29, 0.717) is 12.2 Å². The molecule has 0 aliphatic rings. The average Bonchev–Trinajstić information content (AvgIpc) is 3.27. The number of ketones is 1. The van der Waals surface area contributed by atoms with Crippen molar-refractivity contribution in [3.05, 3.63) is 183 Å². The minimum atomic E-state index is -6.13. The average molecular weight is 1100 g/mol. The van der Waals surface area contributed by atoms with Gasteiger partial charge in [0.2, 0.25) is 11.5 Å². The number of hydrogen-bond donors (Lipinski definition) is 0. The summed E-state index contributed by atoms with van der Waals surface area (Å²) < 4.78 is 343. The van der Waals surface area contributed by atoms with E-state index in [9.17, 15) is 110 Å². The Balaban J connectivity index is 0.000000483. The van der Waals surface area contributed by atoms with Gasteiger partial charge in [-0.05, 0) is 30.3 Å². The number of nitriles is 1. The highest BCUT2D eigenvalue weighted by molar-refractivity contribution is 7.20. The minimum Gasteiger partial charge on any atom is -0.286 e. The Bertz CT molecular complexity index is 2640. The van der Waals surface area contributed by atoms with Crippen LogP contribution in [0, 0.1) is 11.3 Å². The quantitative estimate of drug-likeness (QED) is 0.0660. The fourth-order valence-electron chi connectivity index (χ4n) is 7.88. The van der Waals surface area contributed by atoms with Gasteiger partial charge in [-0.3, -0.25) is 4.79 Å². The largest absolute Gasteiger partial charge is 0.416 e. The summed E-state index contributed by atoms with van der Waals surface area (Å²) in [5, 5.41) is 8.60. The van der Waals surface area contributed by atoms with Gasteiger partial charge in [-0.2, -0.15) is 137 Å². The fourth-order valence-corrected chi connectivity index (χ4v) is 7.88. The molecule has 6 aromatic rings. The lowest BCUT2D eigenvalue weighted by molar-refractivity contribution is -0.690. The molecular weight excluding hydrogens is 1080 g/mol. The number of pyridine rings is 1. The molecule has 28 heteroatoms. The van der Waals surface area contributed by atoms with Crippen LogP contribution in [0.25, 0.3) is 0 Å². The second kappa shape index (κ2) is 20.5. The first kappa shape index (κ1) is 58.7. The lowest BCUT2D eigenvalue weighted by atomic mass is 9.12. The van der Waals surface area contributed by atoms with Crippen molar-refractivity contribution in [3.8, 4) is 6.07 Å². The first-order valence-corrected chi connectivity index (χ1v) is 20.4. The summed E-state index contributed by atoms with van der Waals surface area (Å²) in [6, 6.07) is 8.45. The highest BCUT2D eigenvalue weighted by atomic mass is 19.4. The molecular formula is C47H25BF24N2O. The molecule has 0 radical (unpaired) electrons. The van der Waals surface area contributed by atoms with Gasteiger partial charge in [0.15, 0.2) is 12.7 Å². The smallest absolute Gasteiger partial charge is 0.286 e. The van der Waals surface area contributed by atoms with Gasteiger partial charge in [-0.1, -0.05) is 78.9 Å². The molecule has 75 heavy (non-hydrogen) atoms. The Morgan fingerprint density at radius 2 is 0.640 bits per heavy atom. The maximum Gasteiger partial charge on any atom is 0.416 e. The van der Waals surface area contributed by atoms with Gasteiger partial charge in [-0.15, -0.1) is 0 Å². The van der Waals surface area contributed by atoms with E-state index in [4.69, 9.17) is 5.26 Å². The number of carbonyl (C=O) groups is 1. The van der Waals surface area contributed by atoms with Gasteiger partial charge >= 0.3 is 49.4 Å². The molecule has 0 fully saturated rings. The van der Waals surface area contributed by atoms with E-state index >= 15 is 0 Å². The molecule has 3 nitrogen and oxygen atoms in total. The van der Waals surface area contributed by atoms with Crippen LogP contribution in [0.4, 0.5) is 105 Å². The number of benzene rings is 5. The number of carbonyl (C=O) groups excluding carboxylic acids is 1. The highest BCUT2D eigenvalue weighted by Gasteiger charge is 2.47. The molecule has 0 aliphatic carbocycles. The van der Waals surface area contributed by atoms with Gasteiger partial charge in [0.05, 0.1) is 50.6 Å². The van der Waals surface area contributed by atoms with Crippen LogP contribution in [0.1, 0.15) is 67.0 Å². The third kappa shape index (κ3) is 13.8. The van der Waals surface area contributed by atoms with E-state index in [1.165, 1.54) is 0 Å². The maximum atomic E-state index is 14.2. The molecule has 0 unspecified atom stereocenters. The Labute approximate surface area is 405 Å². The van der Waals surface area contributed by atoms with Crippen molar-refractivity contribution in [1.82, 2.24) is 0 Å². The summed E-state index contributed by atoms with van der Waals surface area (Å²) >= 11 is 0. The van der Waals surface area contributed by atoms with Crippen LogP contribution in [0.15, 0.2) is 128 Å². The molecule has 0 spiro atoms. The van der Waals surface area contributed by atoms with Crippen molar-refractivity contribution in [1.29, 1.82) is 5.26 Å². The van der Waals surface area contributed by atoms with Crippen LogP contribution in [-0.2, 0) is 56.0 Å². The van der Waals surface area contributed by atoms with Gasteiger partial charge < -0.3 is 0 Å². The summed E-state index contributed by atoms with van der Waals surface area (Å²) in [6.07, 6.45) is -53.0. The van der Waals surface area contributed by atoms with Crippen LogP contribution < -0.4 is 26.4 Å². The minimum absolute atomic E-state index is 0.0845. The number of aromatic nitrogens is 1. The van der Waals surface area contributed by atoms with Gasteiger partial charge in [-0.25, -0.2) is 0 Å². The zero-order valence-corrected chi connectivity index (χ0v) is 36.5. The van der Waals surface area contributed by atoms with Gasteiger partial charge in [0, 0.05) is 17.7 Å². The number of halogens is 24. The van der Waals surface area contributed by atoms with Crippen LogP contribution in [0.3, 0.4) is 0 Å². The second-order valence-electron chi connectivity index (χ2n) is 16.2. The van der Waals surface area contributed by atoms with Gasteiger partial charge in [0.25, 0.3) is 0 Å². The summed E-state index contributed by atoms with van der Waals surface area (Å²) in [6.45, 7) is 0.633. The molecule has 6 rings (SSSR count). The summed E-state index contributed by atoms with van der Waals surface area (Å²) in [5.41, 5.74) is -28.5. The van der Waals surface area contributed by atoms with E-state index < -0.39 is 195 Å². The van der Waals surface area contributed by atoms with Gasteiger partial charge in [0.1, 0.15) is 12.6 Å². The number of rotatable bonds is 8. The molecule has 0 amide bonds. The topological polar surface area (TPSA) is 44.7 Å². The van der Waals surface area contributed by atoms with Crippen molar-refractivity contribution in [2.24, 2.45) is 0 Å².